The topological polar surface area (TPSA) is 72.5 Å². The number of aliphatic imine (C=N–C) groups is 1. The van der Waals surface area contributed by atoms with E-state index in [-0.39, 0.29) is 5.89 Å². The van der Waals surface area contributed by atoms with Gasteiger partial charge in [-0.3, -0.25) is 4.79 Å². The highest BCUT2D eigenvalue weighted by Gasteiger charge is 2.07. The van der Waals surface area contributed by atoms with Crippen LogP contribution in [0.4, 0.5) is 5.69 Å². The fourth-order valence-corrected chi connectivity index (χ4v) is 1.14. The van der Waals surface area contributed by atoms with Gasteiger partial charge in [0.1, 0.15) is 11.2 Å². The van der Waals surface area contributed by atoms with Gasteiger partial charge in [-0.05, 0) is 12.1 Å². The molecule has 1 aromatic heterocycles. The molecule has 0 atom stereocenters. The molecule has 14 heavy (non-hydrogen) atoms. The number of fused-ring (bicyclic) bond motifs is 1. The zero-order valence-corrected chi connectivity index (χ0v) is 6.93. The number of aldehydes is 1. The van der Waals surface area contributed by atoms with Gasteiger partial charge in [0.25, 0.3) is 5.89 Å². The number of benzene rings is 1. The number of isocyanates is 1. The Morgan fingerprint density at radius 2 is 2.36 bits per heavy atom. The molecule has 0 aliphatic carbocycles. The number of nitrogens with zero attached hydrogens (tertiary/aromatic N) is 2. The van der Waals surface area contributed by atoms with Gasteiger partial charge in [0.2, 0.25) is 12.4 Å². The van der Waals surface area contributed by atoms with Crippen molar-refractivity contribution in [2.24, 2.45) is 4.99 Å². The zero-order valence-electron chi connectivity index (χ0n) is 6.93. The van der Waals surface area contributed by atoms with E-state index in [1.807, 2.05) is 0 Å². The van der Waals surface area contributed by atoms with Crippen molar-refractivity contribution >= 4 is 29.2 Å². The summed E-state index contributed by atoms with van der Waals surface area (Å²) in [6, 6.07) is 4.88. The van der Waals surface area contributed by atoms with E-state index in [2.05, 4.69) is 9.98 Å². The van der Waals surface area contributed by atoms with Gasteiger partial charge in [0, 0.05) is 0 Å². The molecule has 0 unspecified atom stereocenters. The summed E-state index contributed by atoms with van der Waals surface area (Å²) in [6.07, 6.45) is 1.90. The zero-order chi connectivity index (χ0) is 9.97. The number of aromatic nitrogens is 1. The molecule has 0 radical (unpaired) electrons. The van der Waals surface area contributed by atoms with Crippen molar-refractivity contribution in [3.05, 3.63) is 24.1 Å². The Labute approximate surface area is 78.1 Å². The number of rotatable bonds is 2. The molecule has 0 bridgehead atoms. The Morgan fingerprint density at radius 1 is 1.50 bits per heavy atom. The minimum atomic E-state index is -0.0338. The number of carbonyl (C=O) groups is 1. The lowest BCUT2D eigenvalue weighted by atomic mass is 10.3. The molecule has 5 nitrogen and oxygen atoms in total. The molecular weight excluding hydrogens is 184 g/mol. The Kier molecular flexibility index (Phi) is 1.93. The maximum atomic E-state index is 10.4. The summed E-state index contributed by atoms with van der Waals surface area (Å²) >= 11 is 0. The van der Waals surface area contributed by atoms with Crippen LogP contribution in [-0.2, 0) is 4.79 Å². The van der Waals surface area contributed by atoms with E-state index in [1.54, 1.807) is 18.2 Å². The van der Waals surface area contributed by atoms with Gasteiger partial charge in [0.15, 0.2) is 5.58 Å². The van der Waals surface area contributed by atoms with Gasteiger partial charge in [-0.15, -0.1) is 0 Å². The van der Waals surface area contributed by atoms with E-state index in [1.165, 1.54) is 6.08 Å². The van der Waals surface area contributed by atoms with Crippen LogP contribution >= 0.6 is 0 Å². The minimum Gasteiger partial charge on any atom is -0.434 e. The van der Waals surface area contributed by atoms with E-state index < -0.39 is 0 Å². The highest BCUT2D eigenvalue weighted by atomic mass is 16.4. The van der Waals surface area contributed by atoms with Crippen LogP contribution in [0.5, 0.6) is 0 Å². The van der Waals surface area contributed by atoms with Crippen molar-refractivity contribution in [1.29, 1.82) is 0 Å². The first kappa shape index (κ1) is 8.34. The van der Waals surface area contributed by atoms with E-state index in [0.717, 1.165) is 0 Å². The smallest absolute Gasteiger partial charge is 0.260 e. The summed E-state index contributed by atoms with van der Waals surface area (Å²) in [7, 11) is 0. The van der Waals surface area contributed by atoms with Gasteiger partial charge in [-0.1, -0.05) is 6.07 Å². The van der Waals surface area contributed by atoms with E-state index in [9.17, 15) is 9.59 Å². The molecule has 0 amide bonds. The highest BCUT2D eigenvalue weighted by Crippen LogP contribution is 2.24. The molecule has 0 aliphatic rings. The fourth-order valence-electron chi connectivity index (χ4n) is 1.14. The lowest BCUT2D eigenvalue weighted by Gasteiger charge is -1.88. The molecule has 0 fully saturated rings. The molecule has 1 aromatic carbocycles. The second-order valence-electron chi connectivity index (χ2n) is 2.50. The first-order valence-corrected chi connectivity index (χ1v) is 3.78. The average Bonchev–Trinajstić information content (AvgIpc) is 2.62. The van der Waals surface area contributed by atoms with Crippen molar-refractivity contribution in [2.75, 3.05) is 0 Å². The Bertz CT molecular complexity index is 538. The Hall–Kier alpha value is -2.26. The summed E-state index contributed by atoms with van der Waals surface area (Å²) in [5.41, 5.74) is 1.15. The normalized spacial score (nSPS) is 9.71. The summed E-state index contributed by atoms with van der Waals surface area (Å²) in [5.74, 6) is -0.0338. The monoisotopic (exact) mass is 188 g/mol. The molecule has 2 aromatic rings. The third kappa shape index (κ3) is 1.22. The van der Waals surface area contributed by atoms with Gasteiger partial charge in [-0.2, -0.15) is 4.99 Å². The second kappa shape index (κ2) is 3.24. The predicted octanol–water partition coefficient (Wildman–Crippen LogP) is 1.61. The molecule has 0 saturated carbocycles. The van der Waals surface area contributed by atoms with E-state index >= 15 is 0 Å². The Balaban J connectivity index is 2.78. The third-order valence-corrected chi connectivity index (χ3v) is 1.68. The van der Waals surface area contributed by atoms with Gasteiger partial charge in [0.05, 0.1) is 0 Å². The van der Waals surface area contributed by atoms with Crippen LogP contribution in [0, 0.1) is 0 Å². The number of para-hydroxylation sites is 1. The van der Waals surface area contributed by atoms with Gasteiger partial charge >= 0.3 is 0 Å². The summed E-state index contributed by atoms with van der Waals surface area (Å²) in [5, 5.41) is 0. The van der Waals surface area contributed by atoms with Crippen LogP contribution in [0.15, 0.2) is 27.6 Å². The lowest BCUT2D eigenvalue weighted by molar-refractivity contribution is 0.109. The summed E-state index contributed by atoms with van der Waals surface area (Å²) in [6.45, 7) is 0. The molecule has 0 saturated heterocycles. The van der Waals surface area contributed by atoms with Crippen molar-refractivity contribution in [2.45, 2.75) is 0 Å². The molecule has 1 heterocycles. The van der Waals surface area contributed by atoms with Crippen LogP contribution in [0.25, 0.3) is 11.1 Å². The largest absolute Gasteiger partial charge is 0.434 e. The van der Waals surface area contributed by atoms with Gasteiger partial charge < -0.3 is 4.42 Å². The van der Waals surface area contributed by atoms with Crippen LogP contribution < -0.4 is 0 Å². The highest BCUT2D eigenvalue weighted by molar-refractivity contribution is 5.88. The molecule has 2 rings (SSSR count). The van der Waals surface area contributed by atoms with Crippen LogP contribution in [0.2, 0.25) is 0 Å². The van der Waals surface area contributed by atoms with Crippen molar-refractivity contribution in [3.8, 4) is 0 Å². The second-order valence-corrected chi connectivity index (χ2v) is 2.50. The molecule has 0 aliphatic heterocycles. The summed E-state index contributed by atoms with van der Waals surface area (Å²) in [4.78, 5) is 27.7. The molecular formula is C9H4N2O3. The number of hydrogen-bond acceptors (Lipinski definition) is 5. The standard InChI is InChI=1S/C9H4N2O3/c12-4-8-11-9-6(10-5-13)2-1-3-7(9)14-8/h1-4H. The third-order valence-electron chi connectivity index (χ3n) is 1.68. The van der Waals surface area contributed by atoms with E-state index in [4.69, 9.17) is 4.42 Å². The first-order chi connectivity index (χ1) is 6.85. The predicted molar refractivity (Wildman–Crippen MR) is 47.2 cm³/mol. The number of hydrogen-bond donors (Lipinski definition) is 0. The summed E-state index contributed by atoms with van der Waals surface area (Å²) < 4.78 is 5.04. The minimum absolute atomic E-state index is 0.0338. The molecule has 0 N–H and O–H groups in total. The van der Waals surface area contributed by atoms with Crippen LogP contribution in [0.3, 0.4) is 0 Å². The number of oxazole rings is 1. The SMILES string of the molecule is O=C=Nc1cccc2oc(C=O)nc12. The van der Waals surface area contributed by atoms with Crippen LogP contribution in [-0.4, -0.2) is 17.4 Å². The lowest BCUT2D eigenvalue weighted by Crippen LogP contribution is -1.75. The fraction of sp³-hybridized carbons (Fsp3) is 0. The molecule has 0 spiro atoms. The van der Waals surface area contributed by atoms with Gasteiger partial charge in [-0.25, -0.2) is 9.78 Å². The quantitative estimate of drug-likeness (QED) is 0.407. The Morgan fingerprint density at radius 3 is 3.07 bits per heavy atom. The van der Waals surface area contributed by atoms with Crippen molar-refractivity contribution < 1.29 is 14.0 Å². The van der Waals surface area contributed by atoms with Crippen molar-refractivity contribution in [3.63, 3.8) is 0 Å². The maximum Gasteiger partial charge on any atom is 0.260 e. The van der Waals surface area contributed by atoms with E-state index in [0.29, 0.717) is 23.1 Å². The first-order valence-electron chi connectivity index (χ1n) is 3.78. The van der Waals surface area contributed by atoms with Crippen molar-refractivity contribution in [1.82, 2.24) is 4.98 Å². The molecule has 68 valence electrons. The maximum absolute atomic E-state index is 10.4. The van der Waals surface area contributed by atoms with Crippen LogP contribution in [0.1, 0.15) is 10.7 Å². The number of carbonyl (C=O) groups excluding carboxylic acids is 2. The average molecular weight is 188 g/mol. The molecule has 5 heteroatoms.